The lowest BCUT2D eigenvalue weighted by atomic mass is 9.74. The fourth-order valence-electron chi connectivity index (χ4n) is 14.4. The molecule has 0 unspecified atom stereocenters. The third-order valence-corrected chi connectivity index (χ3v) is 17.9. The first-order valence-electron chi connectivity index (χ1n) is 27.1. The molecule has 7 aromatic rings. The molecule has 13 rings (SSSR count). The molecule has 6 aliphatic carbocycles. The number of rotatable bonds is 8. The minimum atomic E-state index is -0.0786. The van der Waals surface area contributed by atoms with Crippen LogP contribution in [-0.4, -0.2) is 0 Å². The molecular formula is C68H68N2. The second-order valence-electron chi connectivity index (χ2n) is 22.7. The number of anilines is 5. The molecule has 0 radical (unpaired) electrons. The van der Waals surface area contributed by atoms with Crippen LogP contribution < -0.4 is 9.80 Å². The van der Waals surface area contributed by atoms with Gasteiger partial charge in [0, 0.05) is 45.0 Å². The van der Waals surface area contributed by atoms with Crippen molar-refractivity contribution in [2.45, 2.75) is 140 Å². The highest BCUT2D eigenvalue weighted by Gasteiger charge is 2.39. The molecule has 6 aliphatic rings. The monoisotopic (exact) mass is 913 g/mol. The molecule has 0 saturated heterocycles. The Labute approximate surface area is 417 Å². The summed E-state index contributed by atoms with van der Waals surface area (Å²) in [5.41, 5.74) is 22.1. The second-order valence-corrected chi connectivity index (χ2v) is 22.7. The van der Waals surface area contributed by atoms with Gasteiger partial charge in [0.25, 0.3) is 0 Å². The van der Waals surface area contributed by atoms with Crippen LogP contribution >= 0.6 is 0 Å². The van der Waals surface area contributed by atoms with Crippen molar-refractivity contribution in [1.29, 1.82) is 0 Å². The van der Waals surface area contributed by atoms with E-state index in [-0.39, 0.29) is 10.8 Å². The van der Waals surface area contributed by atoms with Crippen LogP contribution in [0.2, 0.25) is 0 Å². The lowest BCUT2D eigenvalue weighted by molar-refractivity contribution is 0.445. The molecule has 2 fully saturated rings. The SMILES string of the molecule is CC1(C)C2=C(C=CCC2)c2ccc(N(c3ccccc3)c3ccc4c(C5CCCCC5)c5ccc(N(C6=CCCC=C6)c6ccc7c(c6)C(C)(C)c6ccccc6-7)cc5c(C5CCCCC5)c4c3)cc21. The third-order valence-electron chi connectivity index (χ3n) is 17.9. The van der Waals surface area contributed by atoms with E-state index in [9.17, 15) is 0 Å². The van der Waals surface area contributed by atoms with Gasteiger partial charge in [-0.3, -0.25) is 0 Å². The van der Waals surface area contributed by atoms with Gasteiger partial charge in [0.1, 0.15) is 0 Å². The average Bonchev–Trinajstić information content (AvgIpc) is 3.78. The summed E-state index contributed by atoms with van der Waals surface area (Å²) in [5.74, 6) is 1.05. The lowest BCUT2D eigenvalue weighted by Gasteiger charge is -2.33. The zero-order chi connectivity index (χ0) is 47.1. The van der Waals surface area contributed by atoms with Crippen LogP contribution in [0.25, 0.3) is 38.2 Å². The normalized spacial score (nSPS) is 19.2. The number of nitrogens with zero attached hydrogens (tertiary/aromatic N) is 2. The predicted molar refractivity (Wildman–Crippen MR) is 299 cm³/mol. The van der Waals surface area contributed by atoms with E-state index in [0.29, 0.717) is 11.8 Å². The first-order valence-corrected chi connectivity index (χ1v) is 27.1. The van der Waals surface area contributed by atoms with Crippen LogP contribution in [0.5, 0.6) is 0 Å². The van der Waals surface area contributed by atoms with E-state index < -0.39 is 0 Å². The number of fused-ring (bicyclic) bond motifs is 7. The molecule has 0 atom stereocenters. The van der Waals surface area contributed by atoms with Gasteiger partial charge in [-0.2, -0.15) is 0 Å². The largest absolute Gasteiger partial charge is 0.311 e. The molecule has 0 amide bonds. The van der Waals surface area contributed by atoms with Crippen LogP contribution in [0.3, 0.4) is 0 Å². The van der Waals surface area contributed by atoms with Gasteiger partial charge in [-0.25, -0.2) is 0 Å². The van der Waals surface area contributed by atoms with Gasteiger partial charge >= 0.3 is 0 Å². The summed E-state index contributed by atoms with van der Waals surface area (Å²) in [6, 6.07) is 50.3. The van der Waals surface area contributed by atoms with E-state index in [1.807, 2.05) is 0 Å². The first kappa shape index (κ1) is 43.6. The van der Waals surface area contributed by atoms with Gasteiger partial charge < -0.3 is 9.80 Å². The Kier molecular flexibility index (Phi) is 10.7. The molecule has 0 spiro atoms. The number of para-hydroxylation sites is 1. The molecule has 350 valence electrons. The van der Waals surface area contributed by atoms with Crippen molar-refractivity contribution in [3.05, 3.63) is 202 Å². The molecule has 70 heavy (non-hydrogen) atoms. The number of benzene rings is 7. The Morgan fingerprint density at radius 1 is 0.414 bits per heavy atom. The molecule has 2 nitrogen and oxygen atoms in total. The maximum atomic E-state index is 2.65. The van der Waals surface area contributed by atoms with E-state index in [1.165, 1.54) is 159 Å². The second kappa shape index (κ2) is 17.2. The zero-order valence-electron chi connectivity index (χ0n) is 42.0. The van der Waals surface area contributed by atoms with Gasteiger partial charge in [0.05, 0.1) is 0 Å². The fraction of sp³-hybridized carbons (Fsp3) is 0.324. The Morgan fingerprint density at radius 2 is 0.957 bits per heavy atom. The van der Waals surface area contributed by atoms with Crippen molar-refractivity contribution in [3.63, 3.8) is 0 Å². The predicted octanol–water partition coefficient (Wildman–Crippen LogP) is 19.6. The van der Waals surface area contributed by atoms with Gasteiger partial charge in [-0.05, 0) is 202 Å². The standard InChI is InChI=1S/C68H68N2/c1-67(2)61-31-19-17-29-53(61)55-37-33-51(43-63(55)67)69(47-25-13-7-14-26-47)49-35-39-57-59(41-49)66(46-23-11-6-12-24-46)60-42-50(36-40-58(60)65(57)45-21-9-5-10-22-45)70(48-27-15-8-16-28-48)52-34-38-56-54-30-18-20-32-62(54)68(3,4)64(56)44-52/h7,13-15,17-18,20,25-30,32-46H,5-6,8-12,16,19,21-24,31H2,1-4H3. The summed E-state index contributed by atoms with van der Waals surface area (Å²) in [4.78, 5) is 5.15. The average molecular weight is 913 g/mol. The van der Waals surface area contributed by atoms with E-state index in [4.69, 9.17) is 0 Å². The van der Waals surface area contributed by atoms with Crippen LogP contribution in [0, 0.1) is 0 Å². The van der Waals surface area contributed by atoms with Gasteiger partial charge in [0.15, 0.2) is 0 Å². The topological polar surface area (TPSA) is 6.48 Å². The lowest BCUT2D eigenvalue weighted by Crippen LogP contribution is -2.19. The molecule has 0 heterocycles. The van der Waals surface area contributed by atoms with Crippen LogP contribution in [0.15, 0.2) is 169 Å². The van der Waals surface area contributed by atoms with Crippen molar-refractivity contribution in [2.24, 2.45) is 0 Å². The van der Waals surface area contributed by atoms with E-state index in [1.54, 1.807) is 16.7 Å². The number of hydrogen-bond acceptors (Lipinski definition) is 2. The highest BCUT2D eigenvalue weighted by molar-refractivity contribution is 6.09. The molecule has 2 saturated carbocycles. The van der Waals surface area contributed by atoms with Crippen molar-refractivity contribution in [2.75, 3.05) is 9.80 Å². The van der Waals surface area contributed by atoms with Crippen molar-refractivity contribution in [1.82, 2.24) is 0 Å². The van der Waals surface area contributed by atoms with Crippen molar-refractivity contribution in [3.8, 4) is 11.1 Å². The quantitative estimate of drug-likeness (QED) is 0.140. The molecule has 0 aromatic heterocycles. The zero-order valence-corrected chi connectivity index (χ0v) is 42.0. The Morgan fingerprint density at radius 3 is 1.63 bits per heavy atom. The van der Waals surface area contributed by atoms with Gasteiger partial charge in [-0.15, -0.1) is 0 Å². The van der Waals surface area contributed by atoms with E-state index >= 15 is 0 Å². The van der Waals surface area contributed by atoms with Crippen LogP contribution in [0.1, 0.15) is 163 Å². The minimum absolute atomic E-state index is 0.00477. The highest BCUT2D eigenvalue weighted by Crippen LogP contribution is 2.55. The molecule has 0 bridgehead atoms. The Hall–Kier alpha value is -6.38. The van der Waals surface area contributed by atoms with Crippen molar-refractivity contribution < 1.29 is 0 Å². The van der Waals surface area contributed by atoms with E-state index in [2.05, 4.69) is 195 Å². The molecule has 0 N–H and O–H groups in total. The highest BCUT2D eigenvalue weighted by atomic mass is 15.2. The summed E-state index contributed by atoms with van der Waals surface area (Å²) in [6.07, 6.45) is 29.3. The first-order chi connectivity index (χ1) is 34.3. The summed E-state index contributed by atoms with van der Waals surface area (Å²) < 4.78 is 0. The van der Waals surface area contributed by atoms with Gasteiger partial charge in [-0.1, -0.05) is 163 Å². The van der Waals surface area contributed by atoms with Crippen LogP contribution in [-0.2, 0) is 10.8 Å². The number of allylic oxidation sites excluding steroid dienone is 7. The van der Waals surface area contributed by atoms with Crippen molar-refractivity contribution >= 4 is 55.6 Å². The number of hydrogen-bond donors (Lipinski definition) is 0. The van der Waals surface area contributed by atoms with E-state index in [0.717, 1.165) is 25.7 Å². The molecular weight excluding hydrogens is 845 g/mol. The van der Waals surface area contributed by atoms with Crippen LogP contribution in [0.4, 0.5) is 28.4 Å². The molecule has 2 heteroatoms. The summed E-state index contributed by atoms with van der Waals surface area (Å²) in [6.45, 7) is 9.73. The third kappa shape index (κ3) is 7.02. The summed E-state index contributed by atoms with van der Waals surface area (Å²) >= 11 is 0. The summed E-state index contributed by atoms with van der Waals surface area (Å²) in [7, 11) is 0. The fourth-order valence-corrected chi connectivity index (χ4v) is 14.4. The smallest absolute Gasteiger partial charge is 0.0468 e. The Bertz CT molecular complexity index is 3340. The minimum Gasteiger partial charge on any atom is -0.311 e. The maximum absolute atomic E-state index is 2.65. The maximum Gasteiger partial charge on any atom is 0.0468 e. The Balaban J connectivity index is 1.04. The summed E-state index contributed by atoms with van der Waals surface area (Å²) in [5, 5.41) is 5.92. The molecule has 0 aliphatic heterocycles. The van der Waals surface area contributed by atoms with Gasteiger partial charge in [0.2, 0.25) is 0 Å². The molecule has 7 aromatic carbocycles.